The fraction of sp³-hybridized carbons (Fsp3) is 0.111. The van der Waals surface area contributed by atoms with E-state index in [4.69, 9.17) is 11.6 Å². The van der Waals surface area contributed by atoms with Gasteiger partial charge in [0.25, 0.3) is 5.91 Å². The second-order valence-electron chi connectivity index (χ2n) is 5.06. The van der Waals surface area contributed by atoms with Gasteiger partial charge in [-0.25, -0.2) is 0 Å². The number of hydrogen-bond donors (Lipinski definition) is 2. The van der Waals surface area contributed by atoms with E-state index in [0.29, 0.717) is 17.3 Å². The Kier molecular flexibility index (Phi) is 6.42. The van der Waals surface area contributed by atoms with Crippen LogP contribution >= 0.6 is 27.5 Å². The molecule has 2 rings (SSSR count). The van der Waals surface area contributed by atoms with Gasteiger partial charge in [-0.3, -0.25) is 4.79 Å². The summed E-state index contributed by atoms with van der Waals surface area (Å²) in [5.74, 6) is -0.489. The monoisotopic (exact) mass is 403 g/mol. The van der Waals surface area contributed by atoms with E-state index >= 15 is 0 Å². The number of halogens is 2. The summed E-state index contributed by atoms with van der Waals surface area (Å²) in [4.78, 5) is 12.2. The number of benzene rings is 2. The smallest absolute Gasteiger partial charge is 0.267 e. The highest BCUT2D eigenvalue weighted by molar-refractivity contribution is 9.10. The van der Waals surface area contributed by atoms with Crippen LogP contribution < -0.4 is 10.6 Å². The van der Waals surface area contributed by atoms with Crippen molar-refractivity contribution >= 4 is 39.1 Å². The van der Waals surface area contributed by atoms with Crippen molar-refractivity contribution < 1.29 is 4.79 Å². The zero-order valence-corrected chi connectivity index (χ0v) is 15.3. The van der Waals surface area contributed by atoms with E-state index < -0.39 is 5.91 Å². The van der Waals surface area contributed by atoms with Gasteiger partial charge in [0.05, 0.1) is 0 Å². The molecule has 2 aromatic carbocycles. The largest absolute Gasteiger partial charge is 0.386 e. The van der Waals surface area contributed by atoms with Gasteiger partial charge in [-0.05, 0) is 36.2 Å². The Labute approximate surface area is 154 Å². The molecular formula is C18H15BrClN3O. The normalized spacial score (nSPS) is 10.8. The average Bonchev–Trinajstić information content (AvgIpc) is 2.56. The molecule has 0 spiro atoms. The van der Waals surface area contributed by atoms with Crippen LogP contribution in [0.5, 0.6) is 0 Å². The van der Waals surface area contributed by atoms with Gasteiger partial charge in [0.15, 0.2) is 0 Å². The van der Waals surface area contributed by atoms with Crippen LogP contribution in [0.2, 0.25) is 5.02 Å². The van der Waals surface area contributed by atoms with Gasteiger partial charge >= 0.3 is 0 Å². The van der Waals surface area contributed by atoms with E-state index in [2.05, 4.69) is 26.6 Å². The molecule has 2 N–H and O–H groups in total. The Morgan fingerprint density at radius 1 is 1.33 bits per heavy atom. The van der Waals surface area contributed by atoms with Gasteiger partial charge in [0, 0.05) is 27.9 Å². The lowest BCUT2D eigenvalue weighted by Gasteiger charge is -2.07. The average molecular weight is 405 g/mol. The molecule has 0 radical (unpaired) electrons. The van der Waals surface area contributed by atoms with Crippen molar-refractivity contribution in [1.29, 1.82) is 5.26 Å². The van der Waals surface area contributed by atoms with Crippen molar-refractivity contribution in [3.05, 3.63) is 74.9 Å². The molecule has 2 aromatic rings. The van der Waals surface area contributed by atoms with E-state index in [9.17, 15) is 10.1 Å². The van der Waals surface area contributed by atoms with Crippen molar-refractivity contribution in [1.82, 2.24) is 5.32 Å². The molecule has 0 aliphatic rings. The van der Waals surface area contributed by atoms with Crippen LogP contribution in [-0.2, 0) is 11.3 Å². The lowest BCUT2D eigenvalue weighted by Crippen LogP contribution is -2.16. The van der Waals surface area contributed by atoms with E-state index in [0.717, 1.165) is 15.6 Å². The fourth-order valence-electron chi connectivity index (χ4n) is 1.92. The molecule has 24 heavy (non-hydrogen) atoms. The molecular weight excluding hydrogens is 390 g/mol. The minimum absolute atomic E-state index is 0.0150. The Morgan fingerprint density at radius 3 is 2.75 bits per heavy atom. The molecule has 1 amide bonds. The molecule has 0 heterocycles. The zero-order valence-electron chi connectivity index (χ0n) is 12.9. The zero-order chi connectivity index (χ0) is 17.5. The van der Waals surface area contributed by atoms with Crippen LogP contribution in [0.1, 0.15) is 11.1 Å². The first-order chi connectivity index (χ1) is 11.5. The fourth-order valence-corrected chi connectivity index (χ4v) is 2.53. The number of rotatable bonds is 5. The summed E-state index contributed by atoms with van der Waals surface area (Å²) in [6, 6.07) is 14.8. The maximum absolute atomic E-state index is 12.2. The van der Waals surface area contributed by atoms with Gasteiger partial charge in [0.1, 0.15) is 11.6 Å². The van der Waals surface area contributed by atoms with E-state index in [1.807, 2.05) is 37.3 Å². The van der Waals surface area contributed by atoms with Crippen LogP contribution in [0.4, 0.5) is 5.69 Å². The number of amides is 1. The number of nitrogens with zero attached hydrogens (tertiary/aromatic N) is 1. The maximum atomic E-state index is 12.2. The molecule has 0 unspecified atom stereocenters. The lowest BCUT2D eigenvalue weighted by atomic mass is 10.2. The number of carbonyl (C=O) groups excluding carboxylic acids is 1. The highest BCUT2D eigenvalue weighted by atomic mass is 79.9. The van der Waals surface area contributed by atoms with Crippen molar-refractivity contribution in [3.8, 4) is 6.07 Å². The Morgan fingerprint density at radius 2 is 2.08 bits per heavy atom. The quantitative estimate of drug-likeness (QED) is 0.568. The minimum Gasteiger partial charge on any atom is -0.386 e. The van der Waals surface area contributed by atoms with Crippen molar-refractivity contribution in [2.45, 2.75) is 13.5 Å². The van der Waals surface area contributed by atoms with Gasteiger partial charge in [-0.2, -0.15) is 5.26 Å². The van der Waals surface area contributed by atoms with Crippen LogP contribution in [-0.4, -0.2) is 5.91 Å². The summed E-state index contributed by atoms with van der Waals surface area (Å²) in [6.45, 7) is 2.37. The predicted octanol–water partition coefficient (Wildman–Crippen LogP) is 4.55. The van der Waals surface area contributed by atoms with Gasteiger partial charge in [0.2, 0.25) is 0 Å². The van der Waals surface area contributed by atoms with Gasteiger partial charge in [-0.1, -0.05) is 51.8 Å². The molecule has 6 heteroatoms. The van der Waals surface area contributed by atoms with E-state index in [1.54, 1.807) is 18.2 Å². The molecule has 0 bridgehead atoms. The van der Waals surface area contributed by atoms with E-state index in [-0.39, 0.29) is 5.57 Å². The van der Waals surface area contributed by atoms with Crippen LogP contribution in [0, 0.1) is 18.3 Å². The first kappa shape index (κ1) is 18.1. The summed E-state index contributed by atoms with van der Waals surface area (Å²) in [7, 11) is 0. The van der Waals surface area contributed by atoms with Gasteiger partial charge in [-0.15, -0.1) is 0 Å². The summed E-state index contributed by atoms with van der Waals surface area (Å²) >= 11 is 9.48. The molecule has 122 valence electrons. The Balaban J connectivity index is 2.01. The standard InChI is InChI=1S/C18H15BrClN3O/c1-12-6-7-15(8-17(12)20)23-18(24)14(9-21)11-22-10-13-4-2-3-5-16(13)19/h2-8,11,22H,10H2,1H3,(H,23,24)/b14-11-. The predicted molar refractivity (Wildman–Crippen MR) is 99.5 cm³/mol. The van der Waals surface area contributed by atoms with Crippen LogP contribution in [0.25, 0.3) is 0 Å². The second-order valence-corrected chi connectivity index (χ2v) is 6.32. The molecule has 0 aromatic heterocycles. The molecule has 0 fully saturated rings. The van der Waals surface area contributed by atoms with Crippen molar-refractivity contribution in [3.63, 3.8) is 0 Å². The Hall–Kier alpha value is -2.29. The highest BCUT2D eigenvalue weighted by Crippen LogP contribution is 2.20. The number of hydrogen-bond acceptors (Lipinski definition) is 3. The van der Waals surface area contributed by atoms with Crippen molar-refractivity contribution in [2.75, 3.05) is 5.32 Å². The molecule has 0 saturated heterocycles. The number of carbonyl (C=O) groups is 1. The SMILES string of the molecule is Cc1ccc(NC(=O)/C(C#N)=C\NCc2ccccc2Br)cc1Cl. The molecule has 4 nitrogen and oxygen atoms in total. The molecule has 0 saturated carbocycles. The first-order valence-electron chi connectivity index (χ1n) is 7.16. The molecule has 0 atom stereocenters. The van der Waals surface area contributed by atoms with Gasteiger partial charge < -0.3 is 10.6 Å². The summed E-state index contributed by atoms with van der Waals surface area (Å²) in [5, 5.41) is 15.4. The highest BCUT2D eigenvalue weighted by Gasteiger charge is 2.10. The summed E-state index contributed by atoms with van der Waals surface area (Å²) in [5.41, 5.74) is 2.47. The second kappa shape index (κ2) is 8.53. The Bertz CT molecular complexity index is 827. The maximum Gasteiger partial charge on any atom is 0.267 e. The topological polar surface area (TPSA) is 64.9 Å². The lowest BCUT2D eigenvalue weighted by molar-refractivity contribution is -0.112. The third-order valence-corrected chi connectivity index (χ3v) is 4.47. The third-order valence-electron chi connectivity index (χ3n) is 3.29. The summed E-state index contributed by atoms with van der Waals surface area (Å²) in [6.07, 6.45) is 1.41. The number of nitrogens with one attached hydrogen (secondary N) is 2. The number of anilines is 1. The van der Waals surface area contributed by atoms with Crippen LogP contribution in [0.3, 0.4) is 0 Å². The number of nitriles is 1. The van der Waals surface area contributed by atoms with Crippen LogP contribution in [0.15, 0.2) is 58.7 Å². The van der Waals surface area contributed by atoms with E-state index in [1.165, 1.54) is 6.20 Å². The molecule has 0 aliphatic heterocycles. The first-order valence-corrected chi connectivity index (χ1v) is 8.33. The third kappa shape index (κ3) is 4.85. The minimum atomic E-state index is -0.489. The summed E-state index contributed by atoms with van der Waals surface area (Å²) < 4.78 is 0.961. The molecule has 0 aliphatic carbocycles. The van der Waals surface area contributed by atoms with Crippen molar-refractivity contribution in [2.24, 2.45) is 0 Å². The number of aryl methyl sites for hydroxylation is 1.